The summed E-state index contributed by atoms with van der Waals surface area (Å²) in [6.07, 6.45) is 2.75. The summed E-state index contributed by atoms with van der Waals surface area (Å²) in [4.78, 5) is 54.5. The number of hydrogen-bond acceptors (Lipinski definition) is 8. The first kappa shape index (κ1) is 34.8. The third kappa shape index (κ3) is 4.75. The molecule has 0 bridgehead atoms. The van der Waals surface area contributed by atoms with E-state index < -0.39 is 51.2 Å². The maximum absolute atomic E-state index is 13.8. The first-order chi connectivity index (χ1) is 22.2. The third-order valence-corrected chi connectivity index (χ3v) is 13.5. The van der Waals surface area contributed by atoms with Gasteiger partial charge in [-0.1, -0.05) is 61.0 Å². The van der Waals surface area contributed by atoms with Crippen LogP contribution in [0.2, 0.25) is 0 Å². The zero-order chi connectivity index (χ0) is 35.5. The molecule has 6 aliphatic carbocycles. The van der Waals surface area contributed by atoms with Crippen LogP contribution in [-0.2, 0) is 19.2 Å². The number of ketones is 4. The van der Waals surface area contributed by atoms with E-state index in [1.165, 1.54) is 0 Å². The number of hydrogen-bond donors (Lipinski definition) is 4. The molecule has 48 heavy (non-hydrogen) atoms. The smallest absolute Gasteiger partial charge is 0.224 e. The van der Waals surface area contributed by atoms with Gasteiger partial charge in [-0.15, -0.1) is 0 Å². The van der Waals surface area contributed by atoms with Gasteiger partial charge in [-0.05, 0) is 109 Å². The molecule has 4 N–H and O–H groups in total. The van der Waals surface area contributed by atoms with Crippen LogP contribution in [0.5, 0.6) is 0 Å². The van der Waals surface area contributed by atoms with E-state index in [9.17, 15) is 39.6 Å². The molecule has 8 nitrogen and oxygen atoms in total. The van der Waals surface area contributed by atoms with Gasteiger partial charge in [-0.3, -0.25) is 19.2 Å². The maximum Gasteiger partial charge on any atom is 0.224 e. The van der Waals surface area contributed by atoms with E-state index in [2.05, 4.69) is 6.92 Å². The number of allylic oxidation sites excluding steroid dienone is 7. The number of rotatable bonds is 5. The fraction of sp³-hybridized carbons (Fsp3) is 0.650. The Balaban J connectivity index is 1.47. The van der Waals surface area contributed by atoms with Gasteiger partial charge in [0.15, 0.2) is 23.1 Å². The van der Waals surface area contributed by atoms with Crippen LogP contribution in [0.1, 0.15) is 113 Å². The number of carbonyl (C=O) groups is 4. The van der Waals surface area contributed by atoms with Crippen LogP contribution in [-0.4, -0.2) is 55.8 Å². The van der Waals surface area contributed by atoms with Crippen LogP contribution in [0.25, 0.3) is 0 Å². The lowest BCUT2D eigenvalue weighted by atomic mass is 9.64. The molecule has 0 spiro atoms. The predicted octanol–water partition coefficient (Wildman–Crippen LogP) is 6.67. The first-order valence-corrected chi connectivity index (χ1v) is 17.8. The summed E-state index contributed by atoms with van der Waals surface area (Å²) < 4.78 is 0. The normalized spacial score (nSPS) is 38.8. The molecule has 0 heterocycles. The standard InChI is InChI=1S/C40H52O8/c1-19(2)29-35(47)33(45)25-15-23-21(31(43)27(41)17-37(23,5)11-13-39(25,29)7)9-10-22-24-16-26-34(46)36(48)30(20(3)4)40(26,8)14-12-38(24,6)18-28(42)32(22)44/h15,19-20,27-28,30,41-42,46-47H,9-14,16-18H2,1-8H3/t27-,28+,30+,37-,38-,39+,40+/m1/s1. The quantitative estimate of drug-likeness (QED) is 0.255. The number of aliphatic hydroxyl groups excluding tert-OH is 4. The van der Waals surface area contributed by atoms with Gasteiger partial charge >= 0.3 is 0 Å². The molecular weight excluding hydrogens is 608 g/mol. The van der Waals surface area contributed by atoms with E-state index >= 15 is 0 Å². The fourth-order valence-corrected chi connectivity index (χ4v) is 10.9. The Kier molecular flexibility index (Phi) is 8.12. The molecule has 0 amide bonds. The number of Topliss-reactive ketones (excluding diaryl/α,β-unsaturated/α-hetero) is 4. The van der Waals surface area contributed by atoms with E-state index in [1.807, 2.05) is 48.5 Å². The molecule has 1 saturated carbocycles. The highest BCUT2D eigenvalue weighted by Gasteiger charge is 2.57. The molecule has 260 valence electrons. The lowest BCUT2D eigenvalue weighted by Crippen LogP contribution is -2.40. The molecule has 0 aromatic carbocycles. The minimum atomic E-state index is -1.23. The van der Waals surface area contributed by atoms with Crippen molar-refractivity contribution in [2.24, 2.45) is 39.4 Å². The summed E-state index contributed by atoms with van der Waals surface area (Å²) in [6, 6.07) is 0. The van der Waals surface area contributed by atoms with Gasteiger partial charge in [0.05, 0.1) is 0 Å². The van der Waals surface area contributed by atoms with Crippen molar-refractivity contribution in [1.82, 2.24) is 0 Å². The monoisotopic (exact) mass is 660 g/mol. The van der Waals surface area contributed by atoms with Crippen molar-refractivity contribution in [3.8, 4) is 0 Å². The lowest BCUT2D eigenvalue weighted by Gasteiger charge is -2.40. The molecule has 7 atom stereocenters. The largest absolute Gasteiger partial charge is 0.504 e. The van der Waals surface area contributed by atoms with Crippen LogP contribution in [0.4, 0.5) is 0 Å². The first-order valence-electron chi connectivity index (χ1n) is 17.8. The Labute approximate surface area is 283 Å². The van der Waals surface area contributed by atoms with E-state index in [4.69, 9.17) is 0 Å². The summed E-state index contributed by atoms with van der Waals surface area (Å²) in [6.45, 7) is 16.0. The van der Waals surface area contributed by atoms with Crippen molar-refractivity contribution in [3.05, 3.63) is 56.6 Å². The summed E-state index contributed by atoms with van der Waals surface area (Å²) in [5, 5.41) is 44.3. The van der Waals surface area contributed by atoms with Crippen LogP contribution >= 0.6 is 0 Å². The molecule has 1 fully saturated rings. The lowest BCUT2D eigenvalue weighted by molar-refractivity contribution is -0.127. The molecule has 6 aliphatic rings. The van der Waals surface area contributed by atoms with E-state index in [0.717, 1.165) is 5.57 Å². The Bertz CT molecular complexity index is 1700. The number of fused-ring (bicyclic) bond motifs is 4. The highest BCUT2D eigenvalue weighted by Crippen LogP contribution is 2.61. The minimum absolute atomic E-state index is 0.0123. The number of carbonyl (C=O) groups excluding carboxylic acids is 4. The molecule has 0 aliphatic heterocycles. The Morgan fingerprint density at radius 1 is 0.729 bits per heavy atom. The molecular formula is C40H52O8. The van der Waals surface area contributed by atoms with E-state index in [-0.39, 0.29) is 67.2 Å². The van der Waals surface area contributed by atoms with Gasteiger partial charge in [0, 0.05) is 27.9 Å². The number of aliphatic hydroxyl groups is 4. The van der Waals surface area contributed by atoms with Gasteiger partial charge < -0.3 is 20.4 Å². The second-order valence-electron chi connectivity index (χ2n) is 17.3. The fourth-order valence-electron chi connectivity index (χ4n) is 10.9. The van der Waals surface area contributed by atoms with Gasteiger partial charge in [-0.2, -0.15) is 0 Å². The molecule has 0 saturated heterocycles. The summed E-state index contributed by atoms with van der Waals surface area (Å²) in [7, 11) is 0. The molecule has 0 aromatic heterocycles. The maximum atomic E-state index is 13.8. The molecule has 0 aromatic rings. The Morgan fingerprint density at radius 2 is 1.29 bits per heavy atom. The van der Waals surface area contributed by atoms with Crippen LogP contribution in [0.15, 0.2) is 56.6 Å². The predicted molar refractivity (Wildman–Crippen MR) is 181 cm³/mol. The van der Waals surface area contributed by atoms with Gasteiger partial charge in [0.25, 0.3) is 0 Å². The highest BCUT2D eigenvalue weighted by atomic mass is 16.3. The molecule has 8 heteroatoms. The second kappa shape index (κ2) is 11.2. The van der Waals surface area contributed by atoms with Crippen LogP contribution in [0, 0.1) is 39.4 Å². The summed E-state index contributed by atoms with van der Waals surface area (Å²) in [5.74, 6) is -2.35. The SMILES string of the molecule is CC(C)C1=C(O)C(=O)C2=CC3=C(CCC4=C5CC6=C(O)C(=O)[C@H](C(C)C)[C@@]6(C)CC[C@]5(C)C[C@H](O)C4=O)C(=O)[C@H](O)C[C@@]3(C)CC[C@@]21C. The van der Waals surface area contributed by atoms with Crippen molar-refractivity contribution in [3.63, 3.8) is 0 Å². The minimum Gasteiger partial charge on any atom is -0.504 e. The van der Waals surface area contributed by atoms with Crippen LogP contribution < -0.4 is 0 Å². The van der Waals surface area contributed by atoms with Gasteiger partial charge in [0.2, 0.25) is 11.6 Å². The Hall–Kier alpha value is -3.10. The molecule has 0 unspecified atom stereocenters. The topological polar surface area (TPSA) is 149 Å². The van der Waals surface area contributed by atoms with Crippen molar-refractivity contribution in [1.29, 1.82) is 0 Å². The average Bonchev–Trinajstić information content (AvgIpc) is 3.17. The van der Waals surface area contributed by atoms with Crippen molar-refractivity contribution >= 4 is 23.1 Å². The van der Waals surface area contributed by atoms with Gasteiger partial charge in [0.1, 0.15) is 12.2 Å². The van der Waals surface area contributed by atoms with Crippen molar-refractivity contribution in [2.45, 2.75) is 125 Å². The highest BCUT2D eigenvalue weighted by molar-refractivity contribution is 6.13. The molecule has 6 rings (SSSR count). The third-order valence-electron chi connectivity index (χ3n) is 13.5. The average molecular weight is 661 g/mol. The van der Waals surface area contributed by atoms with Crippen LogP contribution in [0.3, 0.4) is 0 Å². The van der Waals surface area contributed by atoms with E-state index in [0.29, 0.717) is 59.1 Å². The Morgan fingerprint density at radius 3 is 1.90 bits per heavy atom. The van der Waals surface area contributed by atoms with E-state index in [1.54, 1.807) is 6.08 Å². The van der Waals surface area contributed by atoms with Crippen molar-refractivity contribution < 1.29 is 39.6 Å². The van der Waals surface area contributed by atoms with Crippen molar-refractivity contribution in [2.75, 3.05) is 0 Å². The zero-order valence-electron chi connectivity index (χ0n) is 29.7. The van der Waals surface area contributed by atoms with Gasteiger partial charge in [-0.25, -0.2) is 0 Å². The zero-order valence-corrected chi connectivity index (χ0v) is 29.7. The summed E-state index contributed by atoms with van der Waals surface area (Å²) in [5.41, 5.74) is 1.67. The summed E-state index contributed by atoms with van der Waals surface area (Å²) >= 11 is 0. The molecule has 0 radical (unpaired) electrons. The second-order valence-corrected chi connectivity index (χ2v) is 17.3.